The first kappa shape index (κ1) is 13.5. The average Bonchev–Trinajstić information content (AvgIpc) is 3.09. The van der Waals surface area contributed by atoms with Crippen molar-refractivity contribution in [2.75, 3.05) is 18.4 Å². The van der Waals surface area contributed by atoms with Crippen molar-refractivity contribution in [1.82, 2.24) is 4.90 Å². The molecule has 108 valence electrons. The molecule has 1 saturated heterocycles. The standard InChI is InChI=1S/C13H16N2O4S/c16-8-5-15(6-9(8)17)13(19)10-3-4-11(20-10)14-12(18)7-1-2-7/h3-4,7-9,16-17H,1-2,5-6H2,(H,14,18). The number of carbonyl (C=O) groups excluding carboxylic acids is 2. The molecule has 1 aliphatic heterocycles. The van der Waals surface area contributed by atoms with E-state index in [1.165, 1.54) is 16.2 Å². The molecule has 20 heavy (non-hydrogen) atoms. The largest absolute Gasteiger partial charge is 0.388 e. The van der Waals surface area contributed by atoms with Crippen LogP contribution >= 0.6 is 11.3 Å². The molecule has 6 nitrogen and oxygen atoms in total. The molecule has 3 N–H and O–H groups in total. The average molecular weight is 296 g/mol. The highest BCUT2D eigenvalue weighted by atomic mass is 32.1. The van der Waals surface area contributed by atoms with E-state index in [0.29, 0.717) is 9.88 Å². The quantitative estimate of drug-likeness (QED) is 0.747. The Labute approximate surface area is 120 Å². The van der Waals surface area contributed by atoms with Gasteiger partial charge in [0.2, 0.25) is 5.91 Å². The van der Waals surface area contributed by atoms with Crippen LogP contribution in [0.4, 0.5) is 5.00 Å². The highest BCUT2D eigenvalue weighted by molar-refractivity contribution is 7.18. The molecule has 1 aromatic rings. The third-order valence-electron chi connectivity index (χ3n) is 3.56. The number of anilines is 1. The molecular weight excluding hydrogens is 280 g/mol. The van der Waals surface area contributed by atoms with Gasteiger partial charge in [-0.25, -0.2) is 0 Å². The van der Waals surface area contributed by atoms with Gasteiger partial charge in [0, 0.05) is 19.0 Å². The van der Waals surface area contributed by atoms with Crippen molar-refractivity contribution in [3.8, 4) is 0 Å². The van der Waals surface area contributed by atoms with Crippen LogP contribution in [-0.2, 0) is 4.79 Å². The maximum absolute atomic E-state index is 12.2. The summed E-state index contributed by atoms with van der Waals surface area (Å²) in [6, 6.07) is 3.37. The molecule has 0 radical (unpaired) electrons. The van der Waals surface area contributed by atoms with Crippen LogP contribution in [0.1, 0.15) is 22.5 Å². The lowest BCUT2D eigenvalue weighted by molar-refractivity contribution is -0.117. The first-order valence-electron chi connectivity index (χ1n) is 6.60. The van der Waals surface area contributed by atoms with Crippen LogP contribution < -0.4 is 5.32 Å². The zero-order valence-electron chi connectivity index (χ0n) is 10.8. The second-order valence-corrected chi connectivity index (χ2v) is 6.36. The molecule has 1 saturated carbocycles. The normalized spacial score (nSPS) is 25.8. The summed E-state index contributed by atoms with van der Waals surface area (Å²) >= 11 is 1.22. The van der Waals surface area contributed by atoms with Gasteiger partial charge in [-0.15, -0.1) is 11.3 Å². The second-order valence-electron chi connectivity index (χ2n) is 5.27. The third kappa shape index (κ3) is 2.70. The van der Waals surface area contributed by atoms with Crippen molar-refractivity contribution in [2.24, 2.45) is 5.92 Å². The van der Waals surface area contributed by atoms with E-state index in [4.69, 9.17) is 0 Å². The van der Waals surface area contributed by atoms with E-state index < -0.39 is 12.2 Å². The number of hydrogen-bond acceptors (Lipinski definition) is 5. The summed E-state index contributed by atoms with van der Waals surface area (Å²) in [5, 5.41) is 22.4. The molecule has 0 spiro atoms. The molecule has 1 aliphatic carbocycles. The predicted molar refractivity (Wildman–Crippen MR) is 73.6 cm³/mol. The number of nitrogens with one attached hydrogen (secondary N) is 1. The Kier molecular flexibility index (Phi) is 3.49. The fourth-order valence-electron chi connectivity index (χ4n) is 2.18. The van der Waals surface area contributed by atoms with Gasteiger partial charge in [-0.2, -0.15) is 0 Å². The van der Waals surface area contributed by atoms with Crippen LogP contribution in [0.5, 0.6) is 0 Å². The van der Waals surface area contributed by atoms with Crippen molar-refractivity contribution in [1.29, 1.82) is 0 Å². The van der Waals surface area contributed by atoms with Gasteiger partial charge in [0.05, 0.1) is 22.1 Å². The van der Waals surface area contributed by atoms with Crippen LogP contribution in [0, 0.1) is 5.92 Å². The number of aliphatic hydroxyl groups excluding tert-OH is 2. The topological polar surface area (TPSA) is 89.9 Å². The Morgan fingerprint density at radius 3 is 2.45 bits per heavy atom. The number of hydrogen-bond donors (Lipinski definition) is 3. The summed E-state index contributed by atoms with van der Waals surface area (Å²) in [7, 11) is 0. The maximum atomic E-state index is 12.2. The highest BCUT2D eigenvalue weighted by Gasteiger charge is 2.34. The lowest BCUT2D eigenvalue weighted by Gasteiger charge is -2.13. The SMILES string of the molecule is O=C(Nc1ccc(C(=O)N2CC(O)C(O)C2)s1)C1CC1. The summed E-state index contributed by atoms with van der Waals surface area (Å²) in [5.74, 6) is -0.0875. The summed E-state index contributed by atoms with van der Waals surface area (Å²) in [6.45, 7) is 0.281. The van der Waals surface area contributed by atoms with E-state index in [-0.39, 0.29) is 30.8 Å². The minimum absolute atomic E-state index is 0.0119. The molecule has 1 aromatic heterocycles. The van der Waals surface area contributed by atoms with Gasteiger partial charge >= 0.3 is 0 Å². The minimum atomic E-state index is -0.882. The zero-order chi connectivity index (χ0) is 14.3. The summed E-state index contributed by atoms with van der Waals surface area (Å²) in [4.78, 5) is 25.7. The molecule has 2 aliphatic rings. The molecule has 0 bridgehead atoms. The second kappa shape index (κ2) is 5.16. The van der Waals surface area contributed by atoms with Crippen LogP contribution in [0.3, 0.4) is 0 Å². The monoisotopic (exact) mass is 296 g/mol. The van der Waals surface area contributed by atoms with Gasteiger partial charge in [-0.3, -0.25) is 9.59 Å². The summed E-state index contributed by atoms with van der Waals surface area (Å²) in [5.41, 5.74) is 0. The molecule has 2 amide bonds. The molecule has 0 aromatic carbocycles. The van der Waals surface area contributed by atoms with Crippen LogP contribution in [0.15, 0.2) is 12.1 Å². The lowest BCUT2D eigenvalue weighted by Crippen LogP contribution is -2.29. The number of thiophene rings is 1. The summed E-state index contributed by atoms with van der Waals surface area (Å²) < 4.78 is 0. The number of likely N-dealkylation sites (tertiary alicyclic amines) is 1. The molecular formula is C13H16N2O4S. The molecule has 2 fully saturated rings. The van der Waals surface area contributed by atoms with Crippen molar-refractivity contribution in [2.45, 2.75) is 25.0 Å². The van der Waals surface area contributed by atoms with Crippen molar-refractivity contribution in [3.63, 3.8) is 0 Å². The number of carbonyl (C=O) groups is 2. The maximum Gasteiger partial charge on any atom is 0.264 e. The van der Waals surface area contributed by atoms with Gasteiger partial charge in [-0.1, -0.05) is 0 Å². The first-order valence-corrected chi connectivity index (χ1v) is 7.42. The fraction of sp³-hybridized carbons (Fsp3) is 0.538. The van der Waals surface area contributed by atoms with Gasteiger partial charge in [0.25, 0.3) is 5.91 Å². The number of nitrogens with zero attached hydrogens (tertiary/aromatic N) is 1. The van der Waals surface area contributed by atoms with Crippen molar-refractivity contribution in [3.05, 3.63) is 17.0 Å². The number of β-amino-alcohol motifs (C(OH)–C–C–N with tert-alkyl or cyclic N) is 2. The van der Waals surface area contributed by atoms with E-state index >= 15 is 0 Å². The van der Waals surface area contributed by atoms with Crippen molar-refractivity contribution < 1.29 is 19.8 Å². The molecule has 2 heterocycles. The van der Waals surface area contributed by atoms with Gasteiger partial charge in [0.15, 0.2) is 0 Å². The van der Waals surface area contributed by atoms with Crippen LogP contribution in [-0.4, -0.2) is 52.2 Å². The zero-order valence-corrected chi connectivity index (χ0v) is 11.6. The molecule has 2 atom stereocenters. The molecule has 2 unspecified atom stereocenters. The van der Waals surface area contributed by atoms with E-state index in [0.717, 1.165) is 12.8 Å². The minimum Gasteiger partial charge on any atom is -0.388 e. The van der Waals surface area contributed by atoms with E-state index in [2.05, 4.69) is 5.32 Å². The van der Waals surface area contributed by atoms with E-state index in [1.54, 1.807) is 12.1 Å². The Morgan fingerprint density at radius 1 is 1.20 bits per heavy atom. The highest BCUT2D eigenvalue weighted by Crippen LogP contribution is 2.32. The van der Waals surface area contributed by atoms with Gasteiger partial charge in [0.1, 0.15) is 0 Å². The predicted octanol–water partition coefficient (Wildman–Crippen LogP) is 0.274. The Hall–Kier alpha value is -1.44. The Morgan fingerprint density at radius 2 is 1.85 bits per heavy atom. The van der Waals surface area contributed by atoms with Crippen molar-refractivity contribution >= 4 is 28.2 Å². The van der Waals surface area contributed by atoms with E-state index in [9.17, 15) is 19.8 Å². The number of amides is 2. The van der Waals surface area contributed by atoms with E-state index in [1.807, 2.05) is 0 Å². The summed E-state index contributed by atoms with van der Waals surface area (Å²) in [6.07, 6.45) is 0.111. The lowest BCUT2D eigenvalue weighted by atomic mass is 10.3. The smallest absolute Gasteiger partial charge is 0.264 e. The van der Waals surface area contributed by atoms with Gasteiger partial charge < -0.3 is 20.4 Å². The van der Waals surface area contributed by atoms with Crippen LogP contribution in [0.25, 0.3) is 0 Å². The fourth-order valence-corrected chi connectivity index (χ4v) is 3.06. The molecule has 7 heteroatoms. The Balaban J connectivity index is 1.64. The van der Waals surface area contributed by atoms with Crippen LogP contribution in [0.2, 0.25) is 0 Å². The third-order valence-corrected chi connectivity index (χ3v) is 4.55. The Bertz CT molecular complexity index is 530. The first-order chi connectivity index (χ1) is 9.54. The number of rotatable bonds is 3. The van der Waals surface area contributed by atoms with Gasteiger partial charge in [-0.05, 0) is 25.0 Å². The number of aliphatic hydroxyl groups is 2. The molecule has 3 rings (SSSR count).